The molecule has 0 heterocycles. The van der Waals surface area contributed by atoms with Gasteiger partial charge in [-0.25, -0.2) is 0 Å². The lowest BCUT2D eigenvalue weighted by Crippen LogP contribution is -2.04. The van der Waals surface area contributed by atoms with Crippen LogP contribution in [0.15, 0.2) is 24.3 Å². The highest BCUT2D eigenvalue weighted by molar-refractivity contribution is 5.27. The van der Waals surface area contributed by atoms with Crippen molar-refractivity contribution < 1.29 is 13.2 Å². The fourth-order valence-electron chi connectivity index (χ4n) is 1.05. The smallest absolute Gasteiger partial charge is 0.320 e. The largest absolute Gasteiger partial charge is 0.416 e. The van der Waals surface area contributed by atoms with E-state index in [-0.39, 0.29) is 6.54 Å². The molecule has 0 fully saturated rings. The minimum absolute atomic E-state index is 0.265. The number of hydrogen-bond acceptors (Lipinski definition) is 1. The van der Waals surface area contributed by atoms with Crippen LogP contribution in [-0.2, 0) is 12.6 Å². The van der Waals surface area contributed by atoms with Gasteiger partial charge in [-0.1, -0.05) is 24.0 Å². The third-order valence-electron chi connectivity index (χ3n) is 1.80. The maximum atomic E-state index is 12.2. The molecule has 2 N–H and O–H groups in total. The van der Waals surface area contributed by atoms with Gasteiger partial charge in [-0.15, -0.1) is 0 Å². The van der Waals surface area contributed by atoms with Gasteiger partial charge >= 0.3 is 6.18 Å². The van der Waals surface area contributed by atoms with Crippen LogP contribution in [0.4, 0.5) is 13.2 Å². The number of alkyl halides is 3. The Morgan fingerprint density at radius 1 is 1.07 bits per heavy atom. The van der Waals surface area contributed by atoms with Crippen LogP contribution < -0.4 is 5.73 Å². The quantitative estimate of drug-likeness (QED) is 0.711. The zero-order valence-corrected chi connectivity index (χ0v) is 7.93. The Morgan fingerprint density at radius 3 is 2.13 bits per heavy atom. The van der Waals surface area contributed by atoms with Crippen molar-refractivity contribution in [3.8, 4) is 11.8 Å². The summed E-state index contributed by atoms with van der Waals surface area (Å²) in [7, 11) is 0. The summed E-state index contributed by atoms with van der Waals surface area (Å²) in [5, 5.41) is 0. The fourth-order valence-corrected chi connectivity index (χ4v) is 1.05. The van der Waals surface area contributed by atoms with E-state index in [1.165, 1.54) is 12.1 Å². The maximum absolute atomic E-state index is 12.2. The average Bonchev–Trinajstić information content (AvgIpc) is 2.18. The van der Waals surface area contributed by atoms with E-state index in [9.17, 15) is 13.2 Å². The molecule has 4 heteroatoms. The summed E-state index contributed by atoms with van der Waals surface area (Å²) in [5.41, 5.74) is 5.26. The van der Waals surface area contributed by atoms with Gasteiger partial charge in [0.25, 0.3) is 0 Å². The van der Waals surface area contributed by atoms with Crippen LogP contribution in [0.3, 0.4) is 0 Å². The molecule has 0 saturated carbocycles. The molecule has 0 radical (unpaired) electrons. The van der Waals surface area contributed by atoms with Crippen LogP contribution in [0.25, 0.3) is 0 Å². The first-order valence-corrected chi connectivity index (χ1v) is 4.36. The van der Waals surface area contributed by atoms with Gasteiger partial charge in [-0.05, 0) is 17.7 Å². The van der Waals surface area contributed by atoms with Gasteiger partial charge in [-0.3, -0.25) is 0 Å². The summed E-state index contributed by atoms with van der Waals surface area (Å²) >= 11 is 0. The van der Waals surface area contributed by atoms with Crippen molar-refractivity contribution >= 4 is 0 Å². The first-order chi connectivity index (χ1) is 7.04. The second kappa shape index (κ2) is 4.85. The van der Waals surface area contributed by atoms with Crippen LogP contribution >= 0.6 is 0 Å². The summed E-state index contributed by atoms with van der Waals surface area (Å²) in [6.07, 6.45) is -3.85. The monoisotopic (exact) mass is 213 g/mol. The van der Waals surface area contributed by atoms with E-state index in [0.29, 0.717) is 6.42 Å². The van der Waals surface area contributed by atoms with Crippen LogP contribution in [0, 0.1) is 11.8 Å². The molecule has 0 amide bonds. The molecule has 0 aliphatic rings. The first kappa shape index (κ1) is 11.6. The Labute approximate surface area is 86.1 Å². The third-order valence-corrected chi connectivity index (χ3v) is 1.80. The first-order valence-electron chi connectivity index (χ1n) is 4.36. The zero-order valence-electron chi connectivity index (χ0n) is 7.93. The third kappa shape index (κ3) is 3.64. The van der Waals surface area contributed by atoms with Gasteiger partial charge in [-0.2, -0.15) is 13.2 Å². The molecule has 0 aliphatic carbocycles. The number of rotatable bonds is 1. The SMILES string of the molecule is NCC#CCc1ccc(C(F)(F)F)cc1. The van der Waals surface area contributed by atoms with Crippen LogP contribution in [0.2, 0.25) is 0 Å². The average molecular weight is 213 g/mol. The molecule has 80 valence electrons. The maximum Gasteiger partial charge on any atom is 0.416 e. The summed E-state index contributed by atoms with van der Waals surface area (Å²) in [5.74, 6) is 5.40. The van der Waals surface area contributed by atoms with E-state index in [2.05, 4.69) is 11.8 Å². The standard InChI is InChI=1S/C11H10F3N/c12-11(13,14)10-6-4-9(5-7-10)3-1-2-8-15/h4-7H,3,8,15H2. The number of nitrogens with two attached hydrogens (primary N) is 1. The second-order valence-corrected chi connectivity index (χ2v) is 2.93. The highest BCUT2D eigenvalue weighted by Crippen LogP contribution is 2.28. The summed E-state index contributed by atoms with van der Waals surface area (Å²) < 4.78 is 36.5. The van der Waals surface area contributed by atoms with E-state index in [1.54, 1.807) is 0 Å². The van der Waals surface area contributed by atoms with E-state index in [0.717, 1.165) is 17.7 Å². The lowest BCUT2D eigenvalue weighted by atomic mass is 10.1. The summed E-state index contributed by atoms with van der Waals surface area (Å²) in [6.45, 7) is 0.265. The minimum Gasteiger partial charge on any atom is -0.320 e. The predicted molar refractivity (Wildman–Crippen MR) is 52.0 cm³/mol. The Hall–Kier alpha value is -1.47. The molecule has 1 aromatic carbocycles. The van der Waals surface area contributed by atoms with Crippen molar-refractivity contribution in [3.63, 3.8) is 0 Å². The number of halogens is 3. The van der Waals surface area contributed by atoms with Crippen molar-refractivity contribution in [3.05, 3.63) is 35.4 Å². The van der Waals surface area contributed by atoms with Crippen LogP contribution in [0.1, 0.15) is 11.1 Å². The van der Waals surface area contributed by atoms with Crippen LogP contribution in [0.5, 0.6) is 0 Å². The summed E-state index contributed by atoms with van der Waals surface area (Å²) in [6, 6.07) is 4.96. The molecule has 0 bridgehead atoms. The summed E-state index contributed by atoms with van der Waals surface area (Å²) in [4.78, 5) is 0. The van der Waals surface area contributed by atoms with E-state index < -0.39 is 11.7 Å². The lowest BCUT2D eigenvalue weighted by molar-refractivity contribution is -0.137. The molecular weight excluding hydrogens is 203 g/mol. The molecule has 1 nitrogen and oxygen atoms in total. The molecule has 0 atom stereocenters. The Balaban J connectivity index is 2.73. The second-order valence-electron chi connectivity index (χ2n) is 2.93. The lowest BCUT2D eigenvalue weighted by Gasteiger charge is -2.06. The van der Waals surface area contributed by atoms with E-state index in [1.807, 2.05) is 0 Å². The van der Waals surface area contributed by atoms with Gasteiger partial charge < -0.3 is 5.73 Å². The van der Waals surface area contributed by atoms with E-state index in [4.69, 9.17) is 5.73 Å². The molecule has 1 aromatic rings. The fraction of sp³-hybridized carbons (Fsp3) is 0.273. The molecule has 0 saturated heterocycles. The topological polar surface area (TPSA) is 26.0 Å². The van der Waals surface area contributed by atoms with Crippen molar-refractivity contribution in [1.82, 2.24) is 0 Å². The van der Waals surface area contributed by atoms with Crippen molar-refractivity contribution in [2.45, 2.75) is 12.6 Å². The van der Waals surface area contributed by atoms with Gasteiger partial charge in [0.2, 0.25) is 0 Å². The van der Waals surface area contributed by atoms with Crippen LogP contribution in [-0.4, -0.2) is 6.54 Å². The Morgan fingerprint density at radius 2 is 1.67 bits per heavy atom. The Bertz CT molecular complexity index is 368. The zero-order chi connectivity index (χ0) is 11.3. The number of hydrogen-bond donors (Lipinski definition) is 1. The molecule has 0 unspecified atom stereocenters. The Kier molecular flexibility index (Phi) is 3.75. The van der Waals surface area contributed by atoms with Crippen molar-refractivity contribution in [2.24, 2.45) is 5.73 Å². The highest BCUT2D eigenvalue weighted by atomic mass is 19.4. The van der Waals surface area contributed by atoms with Crippen molar-refractivity contribution in [1.29, 1.82) is 0 Å². The van der Waals surface area contributed by atoms with Gasteiger partial charge in [0.05, 0.1) is 12.1 Å². The molecule has 0 spiro atoms. The number of benzene rings is 1. The molecule has 15 heavy (non-hydrogen) atoms. The van der Waals surface area contributed by atoms with Gasteiger partial charge in [0.1, 0.15) is 0 Å². The van der Waals surface area contributed by atoms with Gasteiger partial charge in [0.15, 0.2) is 0 Å². The predicted octanol–water partition coefficient (Wildman–Crippen LogP) is 2.21. The van der Waals surface area contributed by atoms with Crippen molar-refractivity contribution in [2.75, 3.05) is 6.54 Å². The minimum atomic E-state index is -4.28. The molecule has 0 aromatic heterocycles. The normalized spacial score (nSPS) is 10.7. The van der Waals surface area contributed by atoms with E-state index >= 15 is 0 Å². The molecule has 0 aliphatic heterocycles. The molecule has 1 rings (SSSR count). The van der Waals surface area contributed by atoms with Gasteiger partial charge in [0, 0.05) is 6.42 Å². The molecular formula is C11H10F3N. The highest BCUT2D eigenvalue weighted by Gasteiger charge is 2.29.